The predicted molar refractivity (Wildman–Crippen MR) is 133 cm³/mol. The van der Waals surface area contributed by atoms with E-state index >= 15 is 0 Å². The molecule has 1 N–H and O–H groups in total. The van der Waals surface area contributed by atoms with Crippen molar-refractivity contribution in [3.8, 4) is 11.5 Å². The number of ether oxygens (including phenoxy) is 1. The van der Waals surface area contributed by atoms with E-state index in [-0.39, 0.29) is 18.4 Å². The molecule has 2 atom stereocenters. The number of pyridine rings is 1. The third-order valence-electron chi connectivity index (χ3n) is 6.19. The first kappa shape index (κ1) is 24.5. The second-order valence-corrected chi connectivity index (χ2v) is 11.1. The number of aromatic hydroxyl groups is 1. The minimum absolute atomic E-state index is 0.136. The maximum absolute atomic E-state index is 13.2. The van der Waals surface area contributed by atoms with Crippen molar-refractivity contribution in [2.75, 3.05) is 13.0 Å². The Kier molecular flexibility index (Phi) is 7.42. The summed E-state index contributed by atoms with van der Waals surface area (Å²) in [5.41, 5.74) is 6.43. The molecule has 7 heteroatoms. The van der Waals surface area contributed by atoms with Gasteiger partial charge in [-0.25, -0.2) is 0 Å². The molecule has 1 aromatic heterocycles. The molecule has 2 aromatic carbocycles. The summed E-state index contributed by atoms with van der Waals surface area (Å²) in [6, 6.07) is 13.5. The Balaban J connectivity index is 1.45. The minimum atomic E-state index is -3.38. The summed E-state index contributed by atoms with van der Waals surface area (Å²) in [5, 5.41) is 10.1. The second-order valence-electron chi connectivity index (χ2n) is 9.14. The zero-order valence-electron chi connectivity index (χ0n) is 20.2. The summed E-state index contributed by atoms with van der Waals surface area (Å²) in [7, 11) is -3.38. The van der Waals surface area contributed by atoms with Crippen LogP contribution in [0.4, 0.5) is 0 Å². The average Bonchev–Trinajstić information content (AvgIpc) is 2.81. The fourth-order valence-corrected chi connectivity index (χ4v) is 5.80. The van der Waals surface area contributed by atoms with E-state index in [1.807, 2.05) is 44.2 Å². The van der Waals surface area contributed by atoms with Crippen LogP contribution in [0, 0.1) is 13.8 Å². The molecule has 4 rings (SSSR count). The summed E-state index contributed by atoms with van der Waals surface area (Å²) >= 11 is 0. The van der Waals surface area contributed by atoms with E-state index < -0.39 is 7.60 Å². The molecule has 1 fully saturated rings. The lowest BCUT2D eigenvalue weighted by Crippen LogP contribution is -2.17. The van der Waals surface area contributed by atoms with Gasteiger partial charge in [-0.05, 0) is 89.9 Å². The maximum Gasteiger partial charge on any atom is 0.368 e. The first-order valence-corrected chi connectivity index (χ1v) is 13.3. The molecule has 0 amide bonds. The van der Waals surface area contributed by atoms with Crippen LogP contribution in [0.25, 0.3) is 0 Å². The van der Waals surface area contributed by atoms with Crippen molar-refractivity contribution in [1.82, 2.24) is 4.98 Å². The van der Waals surface area contributed by atoms with Gasteiger partial charge in [0, 0.05) is 18.8 Å². The molecule has 0 spiro atoms. The molecule has 34 heavy (non-hydrogen) atoms. The van der Waals surface area contributed by atoms with Crippen LogP contribution in [0.15, 0.2) is 54.9 Å². The highest BCUT2D eigenvalue weighted by Gasteiger charge is 2.35. The van der Waals surface area contributed by atoms with E-state index in [4.69, 9.17) is 13.8 Å². The van der Waals surface area contributed by atoms with Crippen LogP contribution in [-0.4, -0.2) is 23.0 Å². The number of rotatable bonds is 7. The summed E-state index contributed by atoms with van der Waals surface area (Å²) in [6.07, 6.45) is 4.36. The lowest BCUT2D eigenvalue weighted by Gasteiger charge is -2.29. The predicted octanol–water partition coefficient (Wildman–Crippen LogP) is 6.83. The van der Waals surface area contributed by atoms with Gasteiger partial charge in [-0.15, -0.1) is 0 Å². The normalized spacial score (nSPS) is 20.4. The molecule has 0 saturated carbocycles. The minimum Gasteiger partial charge on any atom is -0.508 e. The number of hydrogen-bond acceptors (Lipinski definition) is 6. The fourth-order valence-electron chi connectivity index (χ4n) is 4.30. The van der Waals surface area contributed by atoms with E-state index in [0.29, 0.717) is 24.5 Å². The highest BCUT2D eigenvalue weighted by Crippen LogP contribution is 2.55. The Morgan fingerprint density at radius 1 is 1.12 bits per heavy atom. The van der Waals surface area contributed by atoms with Gasteiger partial charge in [-0.1, -0.05) is 26.0 Å². The number of phenols is 1. The molecule has 0 unspecified atom stereocenters. The third-order valence-corrected chi connectivity index (χ3v) is 7.78. The van der Waals surface area contributed by atoms with E-state index in [1.54, 1.807) is 18.5 Å². The largest absolute Gasteiger partial charge is 0.508 e. The van der Waals surface area contributed by atoms with Crippen LogP contribution < -0.4 is 4.74 Å². The maximum atomic E-state index is 13.2. The molecule has 6 nitrogen and oxygen atoms in total. The van der Waals surface area contributed by atoms with Gasteiger partial charge in [0.05, 0.1) is 12.7 Å². The molecule has 3 aromatic rings. The molecule has 1 aliphatic heterocycles. The Bertz CT molecular complexity index is 1170. The van der Waals surface area contributed by atoms with Gasteiger partial charge in [-0.2, -0.15) is 0 Å². The second kappa shape index (κ2) is 10.3. The Morgan fingerprint density at radius 2 is 1.82 bits per heavy atom. The highest BCUT2D eigenvalue weighted by atomic mass is 31.2. The van der Waals surface area contributed by atoms with Crippen molar-refractivity contribution < 1.29 is 23.5 Å². The van der Waals surface area contributed by atoms with Gasteiger partial charge in [0.15, 0.2) is 6.35 Å². The summed E-state index contributed by atoms with van der Waals surface area (Å²) in [4.78, 5) is 4.03. The van der Waals surface area contributed by atoms with Crippen LogP contribution in [0.1, 0.15) is 65.7 Å². The van der Waals surface area contributed by atoms with Crippen molar-refractivity contribution in [2.45, 2.75) is 52.6 Å². The van der Waals surface area contributed by atoms with Gasteiger partial charge >= 0.3 is 7.60 Å². The smallest absolute Gasteiger partial charge is 0.368 e. The molecule has 0 radical (unpaired) electrons. The highest BCUT2D eigenvalue weighted by molar-refractivity contribution is 7.53. The SMILES string of the molecule is Cc1cc(OC[P@@]2(=O)OCC[C@@H](c3ccncc3)O2)cc(C)c1Cc1ccc(O)c(C(C)C)c1. The van der Waals surface area contributed by atoms with Crippen LogP contribution >= 0.6 is 7.60 Å². The summed E-state index contributed by atoms with van der Waals surface area (Å²) in [6.45, 7) is 8.61. The zero-order valence-corrected chi connectivity index (χ0v) is 21.0. The van der Waals surface area contributed by atoms with Crippen molar-refractivity contribution in [1.29, 1.82) is 0 Å². The lowest BCUT2D eigenvalue weighted by atomic mass is 9.93. The van der Waals surface area contributed by atoms with Crippen LogP contribution in [-0.2, 0) is 20.0 Å². The van der Waals surface area contributed by atoms with Crippen LogP contribution in [0.3, 0.4) is 0 Å². The van der Waals surface area contributed by atoms with E-state index in [1.165, 1.54) is 5.56 Å². The molecule has 1 aliphatic rings. The van der Waals surface area contributed by atoms with E-state index in [0.717, 1.165) is 34.2 Å². The van der Waals surface area contributed by atoms with E-state index in [9.17, 15) is 9.67 Å². The Hall–Kier alpha value is -2.66. The van der Waals surface area contributed by atoms with Crippen molar-refractivity contribution in [3.05, 3.63) is 88.2 Å². The van der Waals surface area contributed by atoms with Crippen molar-refractivity contribution in [2.24, 2.45) is 0 Å². The van der Waals surface area contributed by atoms with Gasteiger partial charge in [0.25, 0.3) is 0 Å². The van der Waals surface area contributed by atoms with Crippen molar-refractivity contribution in [3.63, 3.8) is 0 Å². The van der Waals surface area contributed by atoms with Crippen LogP contribution in [0.5, 0.6) is 11.5 Å². The number of aromatic nitrogens is 1. The number of benzene rings is 2. The average molecular weight is 482 g/mol. The fraction of sp³-hybridized carbons (Fsp3) is 0.370. The van der Waals surface area contributed by atoms with Gasteiger partial charge in [0.1, 0.15) is 11.5 Å². The van der Waals surface area contributed by atoms with Crippen molar-refractivity contribution >= 4 is 7.60 Å². The topological polar surface area (TPSA) is 77.9 Å². The standard InChI is InChI=1S/C27H32NO5P/c1-18(2)24-15-21(5-6-26(24)29)16-25-19(3)13-23(14-20(25)4)31-17-34(30)32-12-9-27(33-34)22-7-10-28-11-8-22/h5-8,10-11,13-15,18,27,29H,9,12,16-17H2,1-4H3/t27-,34+/m0/s1. The van der Waals surface area contributed by atoms with Gasteiger partial charge < -0.3 is 14.4 Å². The van der Waals surface area contributed by atoms with Crippen LogP contribution in [0.2, 0.25) is 0 Å². The number of hydrogen-bond donors (Lipinski definition) is 1. The summed E-state index contributed by atoms with van der Waals surface area (Å²) < 4.78 is 30.4. The van der Waals surface area contributed by atoms with E-state index in [2.05, 4.69) is 24.9 Å². The lowest BCUT2D eigenvalue weighted by molar-refractivity contribution is 0.0725. The molecule has 0 aliphatic carbocycles. The molecule has 1 saturated heterocycles. The number of phenolic OH excluding ortho intramolecular Hbond substituents is 1. The molecular formula is C27H32NO5P. The zero-order chi connectivity index (χ0) is 24.3. The monoisotopic (exact) mass is 481 g/mol. The Labute approximate surface area is 201 Å². The number of aryl methyl sites for hydroxylation is 2. The summed E-state index contributed by atoms with van der Waals surface area (Å²) in [5.74, 6) is 1.23. The quantitative estimate of drug-likeness (QED) is 0.373. The molecule has 180 valence electrons. The molecular weight excluding hydrogens is 449 g/mol. The number of nitrogens with zero attached hydrogens (tertiary/aromatic N) is 1. The first-order chi connectivity index (χ1) is 16.2. The van der Waals surface area contributed by atoms with Gasteiger partial charge in [-0.3, -0.25) is 14.1 Å². The first-order valence-electron chi connectivity index (χ1n) is 11.6. The Morgan fingerprint density at radius 3 is 2.50 bits per heavy atom. The third kappa shape index (κ3) is 5.69. The molecule has 0 bridgehead atoms. The van der Waals surface area contributed by atoms with Gasteiger partial charge in [0.2, 0.25) is 0 Å². The molecule has 2 heterocycles.